The molecule has 18 heavy (non-hydrogen) atoms. The average Bonchev–Trinajstić information content (AvgIpc) is 2.22. The molecule has 0 aliphatic carbocycles. The van der Waals surface area contributed by atoms with Gasteiger partial charge in [0.05, 0.1) is 0 Å². The second-order valence-electron chi connectivity index (χ2n) is 6.64. The Morgan fingerprint density at radius 1 is 1.00 bits per heavy atom. The molecule has 0 N–H and O–H groups in total. The Hall–Kier alpha value is 0.0383. The summed E-state index contributed by atoms with van der Waals surface area (Å²) in [6.45, 7) is 18.4. The second kappa shape index (κ2) is 7.58. The van der Waals surface area contributed by atoms with Crippen LogP contribution in [-0.4, -0.2) is 3.90 Å². The fourth-order valence-corrected chi connectivity index (χ4v) is 1.85. The minimum absolute atomic E-state index is 0.237. The van der Waals surface area contributed by atoms with Gasteiger partial charge in [-0.3, -0.25) is 0 Å². The van der Waals surface area contributed by atoms with E-state index >= 15 is 0 Å². The molecule has 0 aromatic rings. The van der Waals surface area contributed by atoms with E-state index in [9.17, 15) is 0 Å². The Balaban J connectivity index is 5.38. The topological polar surface area (TPSA) is 0 Å². The van der Waals surface area contributed by atoms with Gasteiger partial charge in [-0.05, 0) is 0 Å². The van der Waals surface area contributed by atoms with Gasteiger partial charge in [0.2, 0.25) is 0 Å². The van der Waals surface area contributed by atoms with Crippen molar-refractivity contribution in [3.63, 3.8) is 0 Å². The van der Waals surface area contributed by atoms with Crippen LogP contribution in [0.3, 0.4) is 0 Å². The maximum absolute atomic E-state index is 2.43. The summed E-state index contributed by atoms with van der Waals surface area (Å²) in [6.07, 6.45) is 7.09. The summed E-state index contributed by atoms with van der Waals surface area (Å²) in [6, 6.07) is 0. The number of allylic oxidation sites excluding steroid dienone is 4. The van der Waals surface area contributed by atoms with E-state index in [1.807, 2.05) is 0 Å². The number of hydrogen-bond donors (Lipinski definition) is 0. The van der Waals surface area contributed by atoms with Gasteiger partial charge in [-0.1, -0.05) is 0 Å². The Morgan fingerprint density at radius 3 is 1.83 bits per heavy atom. The molecule has 0 heterocycles. The molecule has 0 saturated carbocycles. The van der Waals surface area contributed by atoms with Crippen LogP contribution in [0.2, 0.25) is 0 Å². The van der Waals surface area contributed by atoms with Crippen LogP contribution >= 0.6 is 0 Å². The molecular weight excluding hydrogens is 388 g/mol. The first-order valence-corrected chi connectivity index (χ1v) is 8.49. The normalized spacial score (nSPS) is 14.3. The van der Waals surface area contributed by atoms with E-state index in [-0.39, 0.29) is 5.41 Å². The van der Waals surface area contributed by atoms with Crippen LogP contribution in [0.15, 0.2) is 23.8 Å². The molecular formula is C17H30W. The number of rotatable bonds is 6. The van der Waals surface area contributed by atoms with Crippen molar-refractivity contribution < 1.29 is 19.4 Å². The standard InChI is InChI=1S/C17H30.W/c1-13(2)9-11-16(12-10-14(3)4)17(7,8)15(5)6;/h9,11-15H,1-8H3;. The zero-order valence-electron chi connectivity index (χ0n) is 13.4. The molecule has 0 rings (SSSR count). The van der Waals surface area contributed by atoms with Gasteiger partial charge >= 0.3 is 126 Å². The van der Waals surface area contributed by atoms with E-state index in [4.69, 9.17) is 0 Å². The third kappa shape index (κ3) is 5.79. The molecule has 0 spiro atoms. The zero-order valence-corrected chi connectivity index (χ0v) is 16.3. The Kier molecular flexibility index (Phi) is 7.60. The summed E-state index contributed by atoms with van der Waals surface area (Å²) in [5, 5.41) is 0. The molecule has 0 atom stereocenters. The van der Waals surface area contributed by atoms with Crippen LogP contribution in [0, 0.1) is 23.2 Å². The quantitative estimate of drug-likeness (QED) is 0.522. The summed E-state index contributed by atoms with van der Waals surface area (Å²) < 4.78 is 1.55. The van der Waals surface area contributed by atoms with Crippen molar-refractivity contribution in [1.82, 2.24) is 0 Å². The molecule has 1 heteroatoms. The molecule has 0 saturated heterocycles. The van der Waals surface area contributed by atoms with Gasteiger partial charge in [-0.25, -0.2) is 0 Å². The summed E-state index contributed by atoms with van der Waals surface area (Å²) in [5.41, 5.74) is 1.71. The molecule has 0 aromatic heterocycles. The van der Waals surface area contributed by atoms with Crippen molar-refractivity contribution in [2.75, 3.05) is 0 Å². The van der Waals surface area contributed by atoms with Gasteiger partial charge in [0.1, 0.15) is 0 Å². The predicted molar refractivity (Wildman–Crippen MR) is 80.5 cm³/mol. The number of hydrogen-bond acceptors (Lipinski definition) is 0. The first-order chi connectivity index (χ1) is 8.09. The Labute approximate surface area is 125 Å². The molecule has 0 fully saturated rings. The molecule has 0 amide bonds. The van der Waals surface area contributed by atoms with Crippen LogP contribution in [0.4, 0.5) is 0 Å². The average molecular weight is 418 g/mol. The van der Waals surface area contributed by atoms with E-state index in [2.05, 4.69) is 73.6 Å². The first-order valence-electron chi connectivity index (χ1n) is 7.03. The van der Waals surface area contributed by atoms with E-state index in [1.54, 1.807) is 23.3 Å². The van der Waals surface area contributed by atoms with Crippen LogP contribution in [0.1, 0.15) is 55.4 Å². The fourth-order valence-electron chi connectivity index (χ4n) is 1.40. The van der Waals surface area contributed by atoms with Gasteiger partial charge in [0.15, 0.2) is 0 Å². The van der Waals surface area contributed by atoms with Crippen LogP contribution < -0.4 is 0 Å². The molecule has 0 nitrogen and oxygen atoms in total. The van der Waals surface area contributed by atoms with Gasteiger partial charge in [-0.15, -0.1) is 0 Å². The fraction of sp³-hybridized carbons (Fsp3) is 0.706. The third-order valence-corrected chi connectivity index (χ3v) is 5.83. The van der Waals surface area contributed by atoms with E-state index in [0.717, 1.165) is 0 Å². The third-order valence-electron chi connectivity index (χ3n) is 3.71. The maximum atomic E-state index is 2.43. The van der Waals surface area contributed by atoms with E-state index < -0.39 is 0 Å². The molecule has 0 unspecified atom stereocenters. The monoisotopic (exact) mass is 418 g/mol. The molecule has 0 aromatic carbocycles. The van der Waals surface area contributed by atoms with Gasteiger partial charge in [0, 0.05) is 0 Å². The summed E-state index contributed by atoms with van der Waals surface area (Å²) in [4.78, 5) is 0. The van der Waals surface area contributed by atoms with Gasteiger partial charge < -0.3 is 0 Å². The Bertz CT molecular complexity index is 328. The van der Waals surface area contributed by atoms with E-state index in [1.165, 1.54) is 5.57 Å². The zero-order chi connectivity index (χ0) is 14.5. The van der Waals surface area contributed by atoms with Crippen molar-refractivity contribution in [2.24, 2.45) is 23.2 Å². The van der Waals surface area contributed by atoms with Gasteiger partial charge in [-0.2, -0.15) is 0 Å². The van der Waals surface area contributed by atoms with E-state index in [0.29, 0.717) is 17.8 Å². The van der Waals surface area contributed by atoms with Crippen molar-refractivity contribution in [2.45, 2.75) is 55.4 Å². The molecule has 0 radical (unpaired) electrons. The summed E-state index contributed by atoms with van der Waals surface area (Å²) in [5.74, 6) is 1.92. The van der Waals surface area contributed by atoms with Crippen LogP contribution in [-0.2, 0) is 19.4 Å². The minimum atomic E-state index is 0.237. The molecule has 0 aliphatic heterocycles. The molecule has 104 valence electrons. The van der Waals surface area contributed by atoms with Crippen molar-refractivity contribution in [1.29, 1.82) is 0 Å². The van der Waals surface area contributed by atoms with Crippen LogP contribution in [0.25, 0.3) is 0 Å². The van der Waals surface area contributed by atoms with Crippen molar-refractivity contribution >= 4 is 3.90 Å². The van der Waals surface area contributed by atoms with Crippen LogP contribution in [0.5, 0.6) is 0 Å². The first kappa shape index (κ1) is 18.0. The summed E-state index contributed by atoms with van der Waals surface area (Å²) >= 11 is 1.59. The Morgan fingerprint density at radius 2 is 1.50 bits per heavy atom. The molecule has 0 bridgehead atoms. The second-order valence-corrected chi connectivity index (χ2v) is 8.33. The van der Waals surface area contributed by atoms with Gasteiger partial charge in [0.25, 0.3) is 0 Å². The molecule has 0 aliphatic rings. The SMILES string of the molecule is CC(C)C=CC(=C[C](=[W])C(C)C)C(C)(C)C(C)C. The summed E-state index contributed by atoms with van der Waals surface area (Å²) in [7, 11) is 0. The predicted octanol–water partition coefficient (Wildman–Crippen LogP) is 5.18. The van der Waals surface area contributed by atoms with Crippen molar-refractivity contribution in [3.05, 3.63) is 23.8 Å². The van der Waals surface area contributed by atoms with Crippen molar-refractivity contribution in [3.8, 4) is 0 Å².